The predicted octanol–water partition coefficient (Wildman–Crippen LogP) is 4.03. The zero-order chi connectivity index (χ0) is 15.2. The van der Waals surface area contributed by atoms with Crippen LogP contribution >= 0.6 is 58.2 Å². The highest BCUT2D eigenvalue weighted by Crippen LogP contribution is 2.59. The molecule has 2 aliphatic rings. The topological polar surface area (TPSA) is 46.1 Å². The van der Waals surface area contributed by atoms with Crippen LogP contribution < -0.4 is 4.90 Å². The number of benzene rings is 1. The van der Waals surface area contributed by atoms with Crippen molar-refractivity contribution in [2.75, 3.05) is 22.2 Å². The normalized spacial score (nSPS) is 20.2. The van der Waals surface area contributed by atoms with Crippen molar-refractivity contribution in [1.82, 2.24) is 10.2 Å². The minimum atomic E-state index is -0.242. The SMILES string of the molecule is O=C1CSC2(SCCS2)N1c1nnc(-c2ccc(Cl)cc2)s1. The summed E-state index contributed by atoms with van der Waals surface area (Å²) in [6.45, 7) is 0. The molecular weight excluding hydrogens is 378 g/mol. The van der Waals surface area contributed by atoms with Crippen LogP contribution in [0, 0.1) is 0 Å². The Morgan fingerprint density at radius 2 is 1.82 bits per heavy atom. The number of hydrogen-bond acceptors (Lipinski definition) is 7. The van der Waals surface area contributed by atoms with E-state index in [1.165, 1.54) is 11.3 Å². The summed E-state index contributed by atoms with van der Waals surface area (Å²) in [4.78, 5) is 14.2. The molecule has 2 fully saturated rings. The Kier molecular flexibility index (Phi) is 4.06. The summed E-state index contributed by atoms with van der Waals surface area (Å²) in [7, 11) is 0. The first-order valence-corrected chi connectivity index (χ1v) is 10.7. The quantitative estimate of drug-likeness (QED) is 0.775. The molecule has 1 aromatic heterocycles. The highest BCUT2D eigenvalue weighted by molar-refractivity contribution is 8.36. The maximum Gasteiger partial charge on any atom is 0.241 e. The molecule has 114 valence electrons. The van der Waals surface area contributed by atoms with E-state index in [1.807, 2.05) is 52.7 Å². The number of nitrogens with zero attached hydrogens (tertiary/aromatic N) is 3. The smallest absolute Gasteiger partial charge is 0.241 e. The third-order valence-electron chi connectivity index (χ3n) is 3.25. The number of anilines is 1. The van der Waals surface area contributed by atoms with Gasteiger partial charge in [0, 0.05) is 22.1 Å². The van der Waals surface area contributed by atoms with E-state index in [0.717, 1.165) is 22.1 Å². The Balaban J connectivity index is 1.68. The van der Waals surface area contributed by atoms with Crippen molar-refractivity contribution in [2.45, 2.75) is 3.54 Å². The number of halogens is 1. The molecule has 0 radical (unpaired) electrons. The largest absolute Gasteiger partial charge is 0.273 e. The first kappa shape index (κ1) is 15.1. The molecule has 1 amide bonds. The maximum atomic E-state index is 12.3. The zero-order valence-corrected chi connectivity index (χ0v) is 15.2. The molecule has 0 bridgehead atoms. The Morgan fingerprint density at radius 1 is 1.09 bits per heavy atom. The van der Waals surface area contributed by atoms with Crippen molar-refractivity contribution >= 4 is 69.3 Å². The fourth-order valence-corrected chi connectivity index (χ4v) is 8.41. The molecule has 9 heteroatoms. The number of amides is 1. The molecule has 0 unspecified atom stereocenters. The van der Waals surface area contributed by atoms with Gasteiger partial charge in [0.15, 0.2) is 3.54 Å². The van der Waals surface area contributed by atoms with E-state index in [-0.39, 0.29) is 9.44 Å². The van der Waals surface area contributed by atoms with E-state index in [4.69, 9.17) is 11.6 Å². The van der Waals surface area contributed by atoms with Gasteiger partial charge in [-0.25, -0.2) is 0 Å². The van der Waals surface area contributed by atoms with Gasteiger partial charge in [0.2, 0.25) is 11.0 Å². The minimum Gasteiger partial charge on any atom is -0.273 e. The molecule has 0 saturated carbocycles. The van der Waals surface area contributed by atoms with Crippen LogP contribution in [0.4, 0.5) is 5.13 Å². The Morgan fingerprint density at radius 3 is 2.55 bits per heavy atom. The fraction of sp³-hybridized carbons (Fsp3) is 0.308. The average molecular weight is 388 g/mol. The monoisotopic (exact) mass is 387 g/mol. The van der Waals surface area contributed by atoms with E-state index in [2.05, 4.69) is 10.2 Å². The van der Waals surface area contributed by atoms with Gasteiger partial charge >= 0.3 is 0 Å². The van der Waals surface area contributed by atoms with E-state index in [0.29, 0.717) is 15.9 Å². The molecule has 0 atom stereocenters. The van der Waals surface area contributed by atoms with Gasteiger partial charge in [-0.3, -0.25) is 9.69 Å². The number of aromatic nitrogens is 2. The number of carbonyl (C=O) groups excluding carboxylic acids is 1. The fourth-order valence-electron chi connectivity index (χ4n) is 2.27. The van der Waals surface area contributed by atoms with Crippen LogP contribution in [0.2, 0.25) is 5.02 Å². The van der Waals surface area contributed by atoms with Crippen LogP contribution in [0.5, 0.6) is 0 Å². The summed E-state index contributed by atoms with van der Waals surface area (Å²) in [5, 5.41) is 10.7. The lowest BCUT2D eigenvalue weighted by Gasteiger charge is -2.29. The van der Waals surface area contributed by atoms with Gasteiger partial charge in [-0.15, -0.1) is 45.5 Å². The minimum absolute atomic E-state index is 0.116. The molecule has 4 nitrogen and oxygen atoms in total. The van der Waals surface area contributed by atoms with Gasteiger partial charge in [-0.05, 0) is 12.1 Å². The second-order valence-electron chi connectivity index (χ2n) is 4.64. The first-order valence-electron chi connectivity index (χ1n) is 6.52. The molecule has 22 heavy (non-hydrogen) atoms. The summed E-state index contributed by atoms with van der Waals surface area (Å²) in [6, 6.07) is 7.50. The predicted molar refractivity (Wildman–Crippen MR) is 97.9 cm³/mol. The van der Waals surface area contributed by atoms with Gasteiger partial charge in [0.25, 0.3) is 0 Å². The third kappa shape index (κ3) is 2.54. The van der Waals surface area contributed by atoms with Crippen molar-refractivity contribution in [2.24, 2.45) is 0 Å². The number of thioether (sulfide) groups is 3. The van der Waals surface area contributed by atoms with E-state index in [1.54, 1.807) is 11.8 Å². The van der Waals surface area contributed by atoms with Crippen LogP contribution in [0.25, 0.3) is 10.6 Å². The maximum absolute atomic E-state index is 12.3. The Labute approximate surface area is 149 Å². The van der Waals surface area contributed by atoms with Crippen molar-refractivity contribution in [3.63, 3.8) is 0 Å². The Bertz CT molecular complexity index is 714. The molecule has 2 aliphatic heterocycles. The molecule has 0 aliphatic carbocycles. The van der Waals surface area contributed by atoms with E-state index in [9.17, 15) is 4.79 Å². The van der Waals surface area contributed by atoms with Crippen LogP contribution in [0.3, 0.4) is 0 Å². The number of hydrogen-bond donors (Lipinski definition) is 0. The standard InChI is InChI=1S/C13H10ClN3OS4/c14-9-3-1-8(2-4-9)11-15-16-12(22-11)17-10(18)7-21-13(17)19-5-6-20-13/h1-4H,5-7H2. The van der Waals surface area contributed by atoms with Gasteiger partial charge < -0.3 is 0 Å². The Hall–Kier alpha value is -0.410. The number of carbonyl (C=O) groups is 1. The third-order valence-corrected chi connectivity index (χ3v) is 9.69. The zero-order valence-electron chi connectivity index (χ0n) is 11.2. The lowest BCUT2D eigenvalue weighted by Crippen LogP contribution is -2.38. The summed E-state index contributed by atoms with van der Waals surface area (Å²) in [5.41, 5.74) is 0.966. The summed E-state index contributed by atoms with van der Waals surface area (Å²) < 4.78 is -0.242. The average Bonchev–Trinajstić information content (AvgIpc) is 3.23. The van der Waals surface area contributed by atoms with Crippen molar-refractivity contribution in [1.29, 1.82) is 0 Å². The van der Waals surface area contributed by atoms with Crippen molar-refractivity contribution < 1.29 is 4.79 Å². The van der Waals surface area contributed by atoms with E-state index < -0.39 is 0 Å². The highest BCUT2D eigenvalue weighted by atomic mass is 35.5. The summed E-state index contributed by atoms with van der Waals surface area (Å²) in [5.74, 6) is 2.75. The highest BCUT2D eigenvalue weighted by Gasteiger charge is 2.52. The van der Waals surface area contributed by atoms with E-state index >= 15 is 0 Å². The summed E-state index contributed by atoms with van der Waals surface area (Å²) >= 11 is 12.7. The molecule has 1 aromatic carbocycles. The summed E-state index contributed by atoms with van der Waals surface area (Å²) in [6.07, 6.45) is 0. The van der Waals surface area contributed by atoms with Gasteiger partial charge in [0.1, 0.15) is 5.01 Å². The second-order valence-corrected chi connectivity index (χ2v) is 10.5. The molecule has 4 rings (SSSR count). The van der Waals surface area contributed by atoms with Crippen LogP contribution in [-0.2, 0) is 4.79 Å². The molecule has 2 aromatic rings. The van der Waals surface area contributed by atoms with Gasteiger partial charge in [-0.1, -0.05) is 35.1 Å². The van der Waals surface area contributed by atoms with Crippen LogP contribution in [-0.4, -0.2) is 36.9 Å². The van der Waals surface area contributed by atoms with Gasteiger partial charge in [-0.2, -0.15) is 0 Å². The second kappa shape index (κ2) is 5.90. The molecule has 1 spiro atoms. The molecule has 2 saturated heterocycles. The first-order chi connectivity index (χ1) is 10.7. The lowest BCUT2D eigenvalue weighted by molar-refractivity contribution is -0.115. The number of rotatable bonds is 2. The lowest BCUT2D eigenvalue weighted by atomic mass is 10.2. The molecule has 0 N–H and O–H groups in total. The van der Waals surface area contributed by atoms with Crippen LogP contribution in [0.15, 0.2) is 24.3 Å². The van der Waals surface area contributed by atoms with Crippen molar-refractivity contribution in [3.05, 3.63) is 29.3 Å². The van der Waals surface area contributed by atoms with Crippen LogP contribution in [0.1, 0.15) is 0 Å². The molecular formula is C13H10ClN3OS4. The van der Waals surface area contributed by atoms with Crippen molar-refractivity contribution in [3.8, 4) is 10.6 Å². The molecule has 3 heterocycles. The van der Waals surface area contributed by atoms with Gasteiger partial charge in [0.05, 0.1) is 5.75 Å².